The van der Waals surface area contributed by atoms with Crippen molar-refractivity contribution in [2.45, 2.75) is 19.6 Å². The van der Waals surface area contributed by atoms with Gasteiger partial charge in [0.2, 0.25) is 0 Å². The summed E-state index contributed by atoms with van der Waals surface area (Å²) in [7, 11) is 2.08. The lowest BCUT2D eigenvalue weighted by molar-refractivity contribution is 0.190. The predicted molar refractivity (Wildman–Crippen MR) is 99.2 cm³/mol. The van der Waals surface area contributed by atoms with Crippen LogP contribution in [-0.4, -0.2) is 46.7 Å². The van der Waals surface area contributed by atoms with Crippen molar-refractivity contribution in [3.63, 3.8) is 0 Å². The van der Waals surface area contributed by atoms with Gasteiger partial charge >= 0.3 is 0 Å². The SMILES string of the molecule is Cc1nc(COc2cccc(-c3nc(C4CNCCN4C)no3)c2)cs1. The fourth-order valence-electron chi connectivity index (χ4n) is 2.93. The lowest BCUT2D eigenvalue weighted by atomic mass is 10.2. The van der Waals surface area contributed by atoms with Crippen LogP contribution in [0.4, 0.5) is 0 Å². The second-order valence-corrected chi connectivity index (χ2v) is 7.39. The smallest absolute Gasteiger partial charge is 0.258 e. The summed E-state index contributed by atoms with van der Waals surface area (Å²) in [5, 5.41) is 10.6. The van der Waals surface area contributed by atoms with Gasteiger partial charge in [0.25, 0.3) is 5.89 Å². The van der Waals surface area contributed by atoms with Crippen LogP contribution in [-0.2, 0) is 6.61 Å². The standard InChI is InChI=1S/C18H21N5O2S/c1-12-20-14(11-26-12)10-24-15-5-3-4-13(8-15)18-21-17(22-25-18)16-9-19-6-7-23(16)2/h3-5,8,11,16,19H,6-7,9-10H2,1-2H3. The molecule has 3 heterocycles. The molecular formula is C18H21N5O2S. The first-order valence-electron chi connectivity index (χ1n) is 8.58. The van der Waals surface area contributed by atoms with Gasteiger partial charge in [-0.25, -0.2) is 4.98 Å². The maximum absolute atomic E-state index is 5.84. The Bertz CT molecular complexity index is 878. The third kappa shape index (κ3) is 3.77. The van der Waals surface area contributed by atoms with E-state index in [1.807, 2.05) is 36.6 Å². The number of piperazine rings is 1. The van der Waals surface area contributed by atoms with Crippen molar-refractivity contribution >= 4 is 11.3 Å². The average Bonchev–Trinajstić information content (AvgIpc) is 3.30. The molecule has 1 aliphatic heterocycles. The minimum absolute atomic E-state index is 0.133. The van der Waals surface area contributed by atoms with Crippen LogP contribution in [0.15, 0.2) is 34.2 Å². The number of benzene rings is 1. The van der Waals surface area contributed by atoms with Crippen LogP contribution in [0.25, 0.3) is 11.5 Å². The molecule has 0 aliphatic carbocycles. The van der Waals surface area contributed by atoms with Gasteiger partial charge in [-0.05, 0) is 32.2 Å². The first kappa shape index (κ1) is 17.1. The zero-order valence-electron chi connectivity index (χ0n) is 14.8. The molecule has 0 radical (unpaired) electrons. The number of thiazole rings is 1. The van der Waals surface area contributed by atoms with Gasteiger partial charge in [0, 0.05) is 30.6 Å². The Kier molecular flexibility index (Phi) is 4.96. The van der Waals surface area contributed by atoms with Crippen molar-refractivity contribution < 1.29 is 9.26 Å². The first-order valence-corrected chi connectivity index (χ1v) is 9.46. The highest BCUT2D eigenvalue weighted by Crippen LogP contribution is 2.26. The Morgan fingerprint density at radius 2 is 2.31 bits per heavy atom. The van der Waals surface area contributed by atoms with Crippen molar-refractivity contribution in [3.8, 4) is 17.2 Å². The molecule has 1 aliphatic rings. The number of likely N-dealkylation sites (N-methyl/N-ethyl adjacent to an activating group) is 1. The van der Waals surface area contributed by atoms with Gasteiger partial charge in [-0.15, -0.1) is 11.3 Å². The second-order valence-electron chi connectivity index (χ2n) is 6.33. The maximum atomic E-state index is 5.84. The molecule has 0 bridgehead atoms. The summed E-state index contributed by atoms with van der Waals surface area (Å²) in [5.41, 5.74) is 1.79. The zero-order chi connectivity index (χ0) is 17.9. The molecule has 0 spiro atoms. The highest BCUT2D eigenvalue weighted by atomic mass is 32.1. The summed E-state index contributed by atoms with van der Waals surface area (Å²) < 4.78 is 11.3. The summed E-state index contributed by atoms with van der Waals surface area (Å²) in [4.78, 5) is 11.2. The average molecular weight is 371 g/mol. The first-order chi connectivity index (χ1) is 12.7. The number of aryl methyl sites for hydroxylation is 1. The van der Waals surface area contributed by atoms with Crippen LogP contribution >= 0.6 is 11.3 Å². The Hall–Kier alpha value is -2.29. The summed E-state index contributed by atoms with van der Waals surface area (Å²) >= 11 is 1.62. The van der Waals surface area contributed by atoms with Gasteiger partial charge in [-0.1, -0.05) is 11.2 Å². The van der Waals surface area contributed by atoms with Gasteiger partial charge in [-0.3, -0.25) is 4.90 Å². The molecule has 0 amide bonds. The molecule has 7 nitrogen and oxygen atoms in total. The van der Waals surface area contributed by atoms with Gasteiger partial charge in [0.1, 0.15) is 12.4 Å². The van der Waals surface area contributed by atoms with Gasteiger partial charge in [0.15, 0.2) is 5.82 Å². The zero-order valence-corrected chi connectivity index (χ0v) is 15.6. The molecule has 26 heavy (non-hydrogen) atoms. The van der Waals surface area contributed by atoms with E-state index < -0.39 is 0 Å². The number of rotatable bonds is 5. The molecule has 0 saturated carbocycles. The Morgan fingerprint density at radius 1 is 1.38 bits per heavy atom. The Morgan fingerprint density at radius 3 is 3.12 bits per heavy atom. The number of hydrogen-bond acceptors (Lipinski definition) is 8. The fraction of sp³-hybridized carbons (Fsp3) is 0.389. The largest absolute Gasteiger partial charge is 0.487 e. The molecule has 1 atom stereocenters. The minimum Gasteiger partial charge on any atom is -0.487 e. The fourth-order valence-corrected chi connectivity index (χ4v) is 3.53. The van der Waals surface area contributed by atoms with Crippen molar-refractivity contribution in [1.82, 2.24) is 25.3 Å². The molecule has 3 aromatic rings. The number of nitrogens with zero attached hydrogens (tertiary/aromatic N) is 4. The second kappa shape index (κ2) is 7.53. The molecule has 1 N–H and O–H groups in total. The summed E-state index contributed by atoms with van der Waals surface area (Å²) in [6, 6.07) is 7.83. The van der Waals surface area contributed by atoms with Crippen LogP contribution in [0.3, 0.4) is 0 Å². The van der Waals surface area contributed by atoms with Crippen LogP contribution in [0.2, 0.25) is 0 Å². The van der Waals surface area contributed by atoms with Gasteiger partial charge in [0.05, 0.1) is 16.7 Å². The van der Waals surface area contributed by atoms with Crippen molar-refractivity contribution in [2.75, 3.05) is 26.7 Å². The summed E-state index contributed by atoms with van der Waals surface area (Å²) in [6.07, 6.45) is 0. The number of aromatic nitrogens is 3. The lowest BCUT2D eigenvalue weighted by Gasteiger charge is -2.30. The maximum Gasteiger partial charge on any atom is 0.258 e. The predicted octanol–water partition coefficient (Wildman–Crippen LogP) is 2.66. The minimum atomic E-state index is 0.133. The molecule has 4 rings (SSSR count). The number of nitrogens with one attached hydrogen (secondary N) is 1. The topological polar surface area (TPSA) is 76.3 Å². The van der Waals surface area contributed by atoms with E-state index in [1.54, 1.807) is 11.3 Å². The molecule has 136 valence electrons. The molecule has 1 saturated heterocycles. The summed E-state index contributed by atoms with van der Waals surface area (Å²) in [6.45, 7) is 5.21. The van der Waals surface area contributed by atoms with Gasteiger partial charge in [-0.2, -0.15) is 4.98 Å². The molecule has 8 heteroatoms. The van der Waals surface area contributed by atoms with E-state index in [-0.39, 0.29) is 6.04 Å². The summed E-state index contributed by atoms with van der Waals surface area (Å²) in [5.74, 6) is 1.97. The molecule has 2 aromatic heterocycles. The van der Waals surface area contributed by atoms with Crippen LogP contribution in [0, 0.1) is 6.92 Å². The van der Waals surface area contributed by atoms with Crippen molar-refractivity contribution in [3.05, 3.63) is 46.2 Å². The molecule has 1 aromatic carbocycles. The molecule has 1 unspecified atom stereocenters. The van der Waals surface area contributed by atoms with Crippen LogP contribution in [0.1, 0.15) is 22.6 Å². The normalized spacial score (nSPS) is 18.2. The highest BCUT2D eigenvalue weighted by Gasteiger charge is 2.25. The van der Waals surface area contributed by atoms with Crippen molar-refractivity contribution in [2.24, 2.45) is 0 Å². The molecule has 1 fully saturated rings. The lowest BCUT2D eigenvalue weighted by Crippen LogP contribution is -2.44. The Labute approximate surface area is 156 Å². The van der Waals surface area contributed by atoms with E-state index in [9.17, 15) is 0 Å². The number of hydrogen-bond donors (Lipinski definition) is 1. The quantitative estimate of drug-likeness (QED) is 0.739. The van der Waals surface area contributed by atoms with E-state index >= 15 is 0 Å². The van der Waals surface area contributed by atoms with E-state index in [0.29, 0.717) is 18.3 Å². The van der Waals surface area contributed by atoms with E-state index in [2.05, 4.69) is 32.4 Å². The monoisotopic (exact) mass is 371 g/mol. The van der Waals surface area contributed by atoms with Crippen LogP contribution in [0.5, 0.6) is 5.75 Å². The Balaban J connectivity index is 1.48. The number of ether oxygens (including phenoxy) is 1. The third-order valence-corrected chi connectivity index (χ3v) is 5.21. The van der Waals surface area contributed by atoms with E-state index in [1.165, 1.54) is 0 Å². The van der Waals surface area contributed by atoms with Crippen molar-refractivity contribution in [1.29, 1.82) is 0 Å². The third-order valence-electron chi connectivity index (χ3n) is 4.39. The van der Waals surface area contributed by atoms with Gasteiger partial charge < -0.3 is 14.6 Å². The van der Waals surface area contributed by atoms with Crippen LogP contribution < -0.4 is 10.1 Å². The highest BCUT2D eigenvalue weighted by molar-refractivity contribution is 7.09. The van der Waals surface area contributed by atoms with E-state index in [0.717, 1.165) is 41.6 Å². The molecular weight excluding hydrogens is 350 g/mol. The van der Waals surface area contributed by atoms with E-state index in [4.69, 9.17) is 9.26 Å².